The molecule has 0 aliphatic heterocycles. The molecular formula is C17H27NO2. The highest BCUT2D eigenvalue weighted by atomic mass is 16.1. The van der Waals surface area contributed by atoms with Gasteiger partial charge in [0.2, 0.25) is 5.91 Å². The van der Waals surface area contributed by atoms with E-state index in [0.717, 1.165) is 19.3 Å². The van der Waals surface area contributed by atoms with Gasteiger partial charge in [0.15, 0.2) is 5.78 Å². The Kier molecular flexibility index (Phi) is 5.73. The zero-order chi connectivity index (χ0) is 15.3. The molecule has 3 nitrogen and oxygen atoms in total. The van der Waals surface area contributed by atoms with Gasteiger partial charge in [-0.3, -0.25) is 9.59 Å². The van der Waals surface area contributed by atoms with Crippen LogP contribution in [0.3, 0.4) is 0 Å². The fraction of sp³-hybridized carbons (Fsp3) is 0.647. The van der Waals surface area contributed by atoms with Crippen LogP contribution in [0.1, 0.15) is 59.8 Å². The summed E-state index contributed by atoms with van der Waals surface area (Å²) in [7, 11) is 0. The number of rotatable bonds is 6. The molecule has 0 heterocycles. The Labute approximate surface area is 122 Å². The quantitative estimate of drug-likeness (QED) is 0.596. The third-order valence-electron chi connectivity index (χ3n) is 4.35. The molecule has 0 aromatic heterocycles. The minimum absolute atomic E-state index is 0.0263. The van der Waals surface area contributed by atoms with E-state index in [4.69, 9.17) is 0 Å². The summed E-state index contributed by atoms with van der Waals surface area (Å²) in [4.78, 5) is 23.3. The number of amides is 1. The van der Waals surface area contributed by atoms with Gasteiger partial charge in [0.25, 0.3) is 0 Å². The lowest BCUT2D eigenvalue weighted by molar-refractivity contribution is -0.122. The van der Waals surface area contributed by atoms with Crippen LogP contribution in [-0.2, 0) is 9.59 Å². The predicted octanol–water partition coefficient (Wildman–Crippen LogP) is 3.55. The van der Waals surface area contributed by atoms with Crippen LogP contribution in [0.15, 0.2) is 23.8 Å². The van der Waals surface area contributed by atoms with Crippen molar-refractivity contribution in [2.45, 2.75) is 65.3 Å². The highest BCUT2D eigenvalue weighted by molar-refractivity contribution is 5.94. The average Bonchev–Trinajstić information content (AvgIpc) is 2.35. The minimum Gasteiger partial charge on any atom is -0.351 e. The Morgan fingerprint density at radius 2 is 2.10 bits per heavy atom. The van der Waals surface area contributed by atoms with E-state index in [1.807, 2.05) is 0 Å². The topological polar surface area (TPSA) is 46.2 Å². The van der Waals surface area contributed by atoms with Crippen LogP contribution in [0.25, 0.3) is 0 Å². The van der Waals surface area contributed by atoms with Crippen LogP contribution in [0, 0.1) is 5.92 Å². The highest BCUT2D eigenvalue weighted by Crippen LogP contribution is 2.35. The average molecular weight is 277 g/mol. The Morgan fingerprint density at radius 1 is 1.45 bits per heavy atom. The van der Waals surface area contributed by atoms with Gasteiger partial charge in [0, 0.05) is 18.9 Å². The molecule has 3 heteroatoms. The SMILES string of the molecule is C=C(C)C(=O)CC[C@](C)(NC(C)=O)[C@H]1CC=C(C)CC1. The normalized spacial score (nSPS) is 21.6. The maximum atomic E-state index is 11.8. The lowest BCUT2D eigenvalue weighted by Crippen LogP contribution is -2.51. The number of hydrogen-bond acceptors (Lipinski definition) is 2. The monoisotopic (exact) mass is 277 g/mol. The van der Waals surface area contributed by atoms with Crippen LogP contribution in [-0.4, -0.2) is 17.2 Å². The molecule has 1 N–H and O–H groups in total. The van der Waals surface area contributed by atoms with Gasteiger partial charge in [-0.25, -0.2) is 0 Å². The van der Waals surface area contributed by atoms with Crippen LogP contribution in [0.5, 0.6) is 0 Å². The fourth-order valence-electron chi connectivity index (χ4n) is 2.90. The van der Waals surface area contributed by atoms with E-state index >= 15 is 0 Å². The van der Waals surface area contributed by atoms with Gasteiger partial charge in [0.1, 0.15) is 0 Å². The van der Waals surface area contributed by atoms with Crippen molar-refractivity contribution in [2.75, 3.05) is 0 Å². The number of carbonyl (C=O) groups excluding carboxylic acids is 2. The van der Waals surface area contributed by atoms with Crippen LogP contribution >= 0.6 is 0 Å². The maximum absolute atomic E-state index is 11.8. The zero-order valence-electron chi connectivity index (χ0n) is 13.2. The Hall–Kier alpha value is -1.38. The second kappa shape index (κ2) is 6.87. The molecule has 1 amide bonds. The Morgan fingerprint density at radius 3 is 2.55 bits per heavy atom. The van der Waals surface area contributed by atoms with E-state index in [-0.39, 0.29) is 17.2 Å². The molecule has 0 aromatic carbocycles. The fourth-order valence-corrected chi connectivity index (χ4v) is 2.90. The number of carbonyl (C=O) groups is 2. The molecule has 0 spiro atoms. The maximum Gasteiger partial charge on any atom is 0.217 e. The Balaban J connectivity index is 2.78. The van der Waals surface area contributed by atoms with E-state index < -0.39 is 0 Å². The zero-order valence-corrected chi connectivity index (χ0v) is 13.2. The van der Waals surface area contributed by atoms with E-state index in [1.165, 1.54) is 5.57 Å². The van der Waals surface area contributed by atoms with Crippen LogP contribution in [0.4, 0.5) is 0 Å². The molecule has 1 aliphatic rings. The summed E-state index contributed by atoms with van der Waals surface area (Å²) in [5, 5.41) is 3.09. The van der Waals surface area contributed by atoms with E-state index in [0.29, 0.717) is 24.3 Å². The number of nitrogens with one attached hydrogen (secondary N) is 1. The van der Waals surface area contributed by atoms with Crippen molar-refractivity contribution < 1.29 is 9.59 Å². The summed E-state index contributed by atoms with van der Waals surface area (Å²) in [6.07, 6.45) is 6.51. The molecule has 0 radical (unpaired) electrons. The van der Waals surface area contributed by atoms with Gasteiger partial charge in [-0.05, 0) is 57.9 Å². The van der Waals surface area contributed by atoms with Crippen molar-refractivity contribution in [1.29, 1.82) is 0 Å². The Bertz CT molecular complexity index is 436. The lowest BCUT2D eigenvalue weighted by atomic mass is 9.73. The largest absolute Gasteiger partial charge is 0.351 e. The second-order valence-corrected chi connectivity index (χ2v) is 6.32. The van der Waals surface area contributed by atoms with Gasteiger partial charge in [-0.1, -0.05) is 18.2 Å². The number of Topliss-reactive ketones (excluding diaryl/α,β-unsaturated/α-hetero) is 1. The van der Waals surface area contributed by atoms with Gasteiger partial charge in [-0.2, -0.15) is 0 Å². The van der Waals surface area contributed by atoms with Crippen LogP contribution < -0.4 is 5.32 Å². The predicted molar refractivity (Wildman–Crippen MR) is 82.4 cm³/mol. The lowest BCUT2D eigenvalue weighted by Gasteiger charge is -2.40. The summed E-state index contributed by atoms with van der Waals surface area (Å²) >= 11 is 0. The smallest absolute Gasteiger partial charge is 0.217 e. The molecule has 2 atom stereocenters. The minimum atomic E-state index is -0.311. The molecule has 1 aliphatic carbocycles. The van der Waals surface area contributed by atoms with E-state index in [2.05, 4.69) is 31.8 Å². The second-order valence-electron chi connectivity index (χ2n) is 6.32. The summed E-state index contributed by atoms with van der Waals surface area (Å²) < 4.78 is 0. The molecule has 0 unspecified atom stereocenters. The number of hydrogen-bond donors (Lipinski definition) is 1. The third-order valence-corrected chi connectivity index (χ3v) is 4.35. The standard InChI is InChI=1S/C17H27NO2/c1-12(2)16(20)10-11-17(5,18-14(4)19)15-8-6-13(3)7-9-15/h6,15H,1,7-11H2,2-5H3,(H,18,19)/t15-,17-/m0/s1. The highest BCUT2D eigenvalue weighted by Gasteiger charge is 2.35. The molecular weight excluding hydrogens is 250 g/mol. The van der Waals surface area contributed by atoms with Crippen molar-refractivity contribution in [1.82, 2.24) is 5.32 Å². The van der Waals surface area contributed by atoms with Crippen LogP contribution in [0.2, 0.25) is 0 Å². The first-order chi connectivity index (χ1) is 9.24. The molecule has 0 saturated heterocycles. The number of allylic oxidation sites excluding steroid dienone is 3. The van der Waals surface area contributed by atoms with Gasteiger partial charge < -0.3 is 5.32 Å². The third kappa shape index (κ3) is 4.62. The van der Waals surface area contributed by atoms with E-state index in [9.17, 15) is 9.59 Å². The van der Waals surface area contributed by atoms with Crippen molar-refractivity contribution in [3.8, 4) is 0 Å². The van der Waals surface area contributed by atoms with E-state index in [1.54, 1.807) is 13.8 Å². The van der Waals surface area contributed by atoms with Crippen molar-refractivity contribution >= 4 is 11.7 Å². The molecule has 112 valence electrons. The van der Waals surface area contributed by atoms with Gasteiger partial charge in [-0.15, -0.1) is 0 Å². The van der Waals surface area contributed by atoms with Crippen molar-refractivity contribution in [3.05, 3.63) is 23.8 Å². The van der Waals surface area contributed by atoms with Crippen molar-refractivity contribution in [2.24, 2.45) is 5.92 Å². The number of ketones is 1. The summed E-state index contributed by atoms with van der Waals surface area (Å²) in [6, 6.07) is 0. The summed E-state index contributed by atoms with van der Waals surface area (Å²) in [6.45, 7) is 11.2. The molecule has 0 aromatic rings. The molecule has 0 bridgehead atoms. The molecule has 0 saturated carbocycles. The first-order valence-corrected chi connectivity index (χ1v) is 7.37. The first kappa shape index (κ1) is 16.7. The molecule has 0 fully saturated rings. The summed E-state index contributed by atoms with van der Waals surface area (Å²) in [5.41, 5.74) is 1.70. The van der Waals surface area contributed by atoms with Crippen molar-refractivity contribution in [3.63, 3.8) is 0 Å². The molecule has 1 rings (SSSR count). The van der Waals surface area contributed by atoms with Gasteiger partial charge >= 0.3 is 0 Å². The first-order valence-electron chi connectivity index (χ1n) is 7.37. The summed E-state index contributed by atoms with van der Waals surface area (Å²) in [5.74, 6) is 0.457. The van der Waals surface area contributed by atoms with Gasteiger partial charge in [0.05, 0.1) is 0 Å². The molecule has 20 heavy (non-hydrogen) atoms.